The summed E-state index contributed by atoms with van der Waals surface area (Å²) >= 11 is 0. The van der Waals surface area contributed by atoms with E-state index in [1.54, 1.807) is 14.2 Å². The zero-order valence-electron chi connectivity index (χ0n) is 19.3. The molecule has 0 saturated carbocycles. The number of halogens is 2. The third-order valence-corrected chi connectivity index (χ3v) is 4.96. The molecule has 1 aromatic carbocycles. The van der Waals surface area contributed by atoms with Crippen LogP contribution in [0.5, 0.6) is 11.5 Å². The Morgan fingerprint density at radius 2 is 1.74 bits per heavy atom. The second-order valence-electron chi connectivity index (χ2n) is 7.47. The fourth-order valence-corrected chi connectivity index (χ4v) is 3.13. The van der Waals surface area contributed by atoms with Crippen molar-refractivity contribution in [1.29, 1.82) is 0 Å². The minimum atomic E-state index is 0. The zero-order chi connectivity index (χ0) is 21.3. The number of aryl methyl sites for hydroxylation is 1. The minimum absolute atomic E-state index is 0. The van der Waals surface area contributed by atoms with E-state index in [9.17, 15) is 4.79 Å². The van der Waals surface area contributed by atoms with Crippen LogP contribution in [-0.2, 0) is 16.0 Å². The molecule has 31 heavy (non-hydrogen) atoms. The normalized spacial score (nSPS) is 11.1. The van der Waals surface area contributed by atoms with E-state index in [1.807, 2.05) is 13.0 Å². The van der Waals surface area contributed by atoms with Gasteiger partial charge in [0.15, 0.2) is 11.5 Å². The molecule has 0 fully saturated rings. The molecule has 0 aromatic heterocycles. The standard InChI is InChI=1S/C23H40N2O4.2ClH/c1-19(23(26)25-15-8-14-24)10-6-4-5-7-11-20-12-13-21(28-3)22(18-20)29-17-9-16-27-2;;/h12-13,18-19H,4-11,14-17,24H2,1-3H3,(H,25,26);2*1H/t19-;;/m1../s1. The van der Waals surface area contributed by atoms with Gasteiger partial charge in [0.2, 0.25) is 5.91 Å². The molecule has 8 heteroatoms. The van der Waals surface area contributed by atoms with Gasteiger partial charge in [0.25, 0.3) is 0 Å². The van der Waals surface area contributed by atoms with Crippen LogP contribution >= 0.6 is 24.8 Å². The summed E-state index contributed by atoms with van der Waals surface area (Å²) < 4.78 is 16.3. The van der Waals surface area contributed by atoms with Gasteiger partial charge in [0.05, 0.1) is 13.7 Å². The van der Waals surface area contributed by atoms with E-state index in [-0.39, 0.29) is 36.6 Å². The van der Waals surface area contributed by atoms with E-state index in [0.717, 1.165) is 62.9 Å². The highest BCUT2D eigenvalue weighted by Gasteiger charge is 2.11. The van der Waals surface area contributed by atoms with E-state index in [2.05, 4.69) is 17.4 Å². The first-order valence-corrected chi connectivity index (χ1v) is 10.9. The molecule has 0 spiro atoms. The van der Waals surface area contributed by atoms with Crippen LogP contribution in [-0.4, -0.2) is 46.4 Å². The van der Waals surface area contributed by atoms with Crippen LogP contribution in [0.1, 0.15) is 57.4 Å². The molecule has 3 N–H and O–H groups in total. The van der Waals surface area contributed by atoms with Gasteiger partial charge in [-0.05, 0) is 49.9 Å². The average Bonchev–Trinajstić information content (AvgIpc) is 2.73. The average molecular weight is 482 g/mol. The van der Waals surface area contributed by atoms with Gasteiger partial charge in [-0.3, -0.25) is 4.79 Å². The molecule has 0 unspecified atom stereocenters. The molecule has 0 aliphatic heterocycles. The summed E-state index contributed by atoms with van der Waals surface area (Å²) in [6, 6.07) is 6.17. The van der Waals surface area contributed by atoms with Gasteiger partial charge < -0.3 is 25.3 Å². The van der Waals surface area contributed by atoms with Crippen molar-refractivity contribution < 1.29 is 19.0 Å². The lowest BCUT2D eigenvalue weighted by molar-refractivity contribution is -0.124. The van der Waals surface area contributed by atoms with Gasteiger partial charge in [0.1, 0.15) is 0 Å². The number of carbonyl (C=O) groups excluding carboxylic acids is 1. The summed E-state index contributed by atoms with van der Waals surface area (Å²) in [5, 5.41) is 2.95. The Morgan fingerprint density at radius 1 is 1.00 bits per heavy atom. The molecule has 0 heterocycles. The van der Waals surface area contributed by atoms with Crippen LogP contribution < -0.4 is 20.5 Å². The number of hydrogen-bond acceptors (Lipinski definition) is 5. The Balaban J connectivity index is 0. The molecule has 0 radical (unpaired) electrons. The number of methoxy groups -OCH3 is 2. The number of nitrogens with two attached hydrogens (primary N) is 1. The molecule has 1 aromatic rings. The van der Waals surface area contributed by atoms with Crippen molar-refractivity contribution in [3.8, 4) is 11.5 Å². The van der Waals surface area contributed by atoms with Crippen molar-refractivity contribution in [3.63, 3.8) is 0 Å². The highest BCUT2D eigenvalue weighted by atomic mass is 35.5. The van der Waals surface area contributed by atoms with Crippen LogP contribution in [0.2, 0.25) is 0 Å². The second kappa shape index (κ2) is 20.7. The van der Waals surface area contributed by atoms with Crippen LogP contribution in [0, 0.1) is 5.92 Å². The van der Waals surface area contributed by atoms with Gasteiger partial charge >= 0.3 is 0 Å². The highest BCUT2D eigenvalue weighted by Crippen LogP contribution is 2.29. The number of amides is 1. The number of carbonyl (C=O) groups is 1. The summed E-state index contributed by atoms with van der Waals surface area (Å²) in [7, 11) is 3.36. The first-order valence-electron chi connectivity index (χ1n) is 10.9. The molecule has 0 aliphatic rings. The van der Waals surface area contributed by atoms with Gasteiger partial charge in [-0.15, -0.1) is 24.8 Å². The quantitative estimate of drug-likeness (QED) is 0.319. The lowest BCUT2D eigenvalue weighted by Gasteiger charge is -2.13. The molecule has 6 nitrogen and oxygen atoms in total. The van der Waals surface area contributed by atoms with Crippen LogP contribution in [0.3, 0.4) is 0 Å². The van der Waals surface area contributed by atoms with Gasteiger partial charge in [-0.1, -0.05) is 32.3 Å². The fraction of sp³-hybridized carbons (Fsp3) is 0.696. The largest absolute Gasteiger partial charge is 0.493 e. The molecule has 0 bridgehead atoms. The lowest BCUT2D eigenvalue weighted by atomic mass is 10.00. The monoisotopic (exact) mass is 480 g/mol. The van der Waals surface area contributed by atoms with Crippen molar-refractivity contribution >= 4 is 30.7 Å². The van der Waals surface area contributed by atoms with Crippen molar-refractivity contribution in [3.05, 3.63) is 23.8 Å². The maximum atomic E-state index is 11.9. The van der Waals surface area contributed by atoms with Crippen molar-refractivity contribution in [2.75, 3.05) is 40.5 Å². The van der Waals surface area contributed by atoms with Crippen molar-refractivity contribution in [2.45, 2.75) is 58.3 Å². The van der Waals surface area contributed by atoms with E-state index >= 15 is 0 Å². The summed E-state index contributed by atoms with van der Waals surface area (Å²) in [5.41, 5.74) is 6.71. The number of hydrogen-bond donors (Lipinski definition) is 2. The summed E-state index contributed by atoms with van der Waals surface area (Å²) in [4.78, 5) is 11.9. The lowest BCUT2D eigenvalue weighted by Crippen LogP contribution is -2.30. The van der Waals surface area contributed by atoms with E-state index in [1.165, 1.54) is 5.56 Å². The van der Waals surface area contributed by atoms with Crippen molar-refractivity contribution in [2.24, 2.45) is 11.7 Å². The maximum Gasteiger partial charge on any atom is 0.222 e. The summed E-state index contributed by atoms with van der Waals surface area (Å²) in [6.45, 7) is 4.61. The van der Waals surface area contributed by atoms with Crippen LogP contribution in [0.4, 0.5) is 0 Å². The number of ether oxygens (including phenoxy) is 3. The van der Waals surface area contributed by atoms with Gasteiger partial charge in [0, 0.05) is 32.6 Å². The molecule has 0 aliphatic carbocycles. The predicted molar refractivity (Wildman–Crippen MR) is 132 cm³/mol. The smallest absolute Gasteiger partial charge is 0.222 e. The predicted octanol–water partition coefficient (Wildman–Crippen LogP) is 4.55. The Kier molecular flexibility index (Phi) is 21.3. The minimum Gasteiger partial charge on any atom is -0.493 e. The van der Waals surface area contributed by atoms with E-state index < -0.39 is 0 Å². The SMILES string of the molecule is COCCCOc1cc(CCCCCC[C@@H](C)C(=O)NCCCN)ccc1OC.Cl.Cl. The molecule has 0 saturated heterocycles. The first-order chi connectivity index (χ1) is 14.1. The second-order valence-corrected chi connectivity index (χ2v) is 7.47. The summed E-state index contributed by atoms with van der Waals surface area (Å²) in [6.07, 6.45) is 8.18. The third kappa shape index (κ3) is 14.5. The zero-order valence-corrected chi connectivity index (χ0v) is 21.0. The van der Waals surface area contributed by atoms with Crippen molar-refractivity contribution in [1.82, 2.24) is 5.32 Å². The van der Waals surface area contributed by atoms with E-state index in [4.69, 9.17) is 19.9 Å². The molecular weight excluding hydrogens is 439 g/mol. The molecule has 1 rings (SSSR count). The molecule has 1 atom stereocenters. The molecular formula is C23H42Cl2N2O4. The van der Waals surface area contributed by atoms with Crippen LogP contribution in [0.15, 0.2) is 18.2 Å². The Labute approximate surface area is 200 Å². The summed E-state index contributed by atoms with van der Waals surface area (Å²) in [5.74, 6) is 1.79. The van der Waals surface area contributed by atoms with Gasteiger partial charge in [-0.25, -0.2) is 0 Å². The highest BCUT2D eigenvalue weighted by molar-refractivity contribution is 5.85. The number of rotatable bonds is 17. The van der Waals surface area contributed by atoms with Gasteiger partial charge in [-0.2, -0.15) is 0 Å². The van der Waals surface area contributed by atoms with Crippen LogP contribution in [0.25, 0.3) is 0 Å². The number of unbranched alkanes of at least 4 members (excludes halogenated alkanes) is 3. The van der Waals surface area contributed by atoms with E-state index in [0.29, 0.717) is 26.3 Å². The molecule has 182 valence electrons. The number of benzene rings is 1. The fourth-order valence-electron chi connectivity index (χ4n) is 3.13. The molecule has 1 amide bonds. The number of nitrogens with one attached hydrogen (secondary N) is 1. The Bertz CT molecular complexity index is 577. The Morgan fingerprint density at radius 3 is 2.42 bits per heavy atom. The topological polar surface area (TPSA) is 82.8 Å². The first kappa shape index (κ1) is 32.0. The Hall–Kier alpha value is -1.21. The third-order valence-electron chi connectivity index (χ3n) is 4.96. The maximum absolute atomic E-state index is 11.9.